The van der Waals surface area contributed by atoms with Crippen LogP contribution in [0.15, 0.2) is 45.7 Å². The Labute approximate surface area is 192 Å². The molecule has 2 unspecified atom stereocenters. The first-order valence-corrected chi connectivity index (χ1v) is 12.8. The van der Waals surface area contributed by atoms with Crippen molar-refractivity contribution >= 4 is 27.0 Å². The Balaban J connectivity index is 1.62. The van der Waals surface area contributed by atoms with E-state index >= 15 is 0 Å². The normalized spacial score (nSPS) is 19.4. The summed E-state index contributed by atoms with van der Waals surface area (Å²) in [6.07, 6.45) is 2.41. The van der Waals surface area contributed by atoms with E-state index in [0.29, 0.717) is 23.6 Å². The van der Waals surface area contributed by atoms with Crippen LogP contribution in [-0.2, 0) is 9.84 Å². The fraction of sp³-hybridized carbons (Fsp3) is 0.417. The molecule has 0 spiro atoms. The quantitative estimate of drug-likeness (QED) is 0.538. The van der Waals surface area contributed by atoms with Crippen molar-refractivity contribution in [2.75, 3.05) is 12.8 Å². The summed E-state index contributed by atoms with van der Waals surface area (Å²) in [4.78, 5) is 17.5. The highest BCUT2D eigenvalue weighted by molar-refractivity contribution is 7.90. The number of fused-ring (bicyclic) bond motifs is 1. The van der Waals surface area contributed by atoms with E-state index in [0.717, 1.165) is 37.1 Å². The standard InChI is InChI=1S/C24H27FN2O5S/c1-14(2)10-17-11-16(8-9-27(17)24(28)29)15-4-7-22-21(12-15)26-23(32-22)19-6-5-18(13-20(19)25)33(3,30)31/h4-7,12-14,16-17H,8-11H2,1-3H3,(H,28,29). The zero-order valence-electron chi connectivity index (χ0n) is 18.8. The van der Waals surface area contributed by atoms with Crippen molar-refractivity contribution in [3.63, 3.8) is 0 Å². The van der Waals surface area contributed by atoms with Crippen LogP contribution in [0.25, 0.3) is 22.6 Å². The second-order valence-electron chi connectivity index (χ2n) is 9.14. The van der Waals surface area contributed by atoms with Gasteiger partial charge in [0.05, 0.1) is 10.5 Å². The summed E-state index contributed by atoms with van der Waals surface area (Å²) in [5.74, 6) is -0.0554. The van der Waals surface area contributed by atoms with Crippen LogP contribution in [0.4, 0.5) is 9.18 Å². The molecule has 2 heterocycles. The van der Waals surface area contributed by atoms with Gasteiger partial charge in [-0.1, -0.05) is 19.9 Å². The summed E-state index contributed by atoms with van der Waals surface area (Å²) in [6, 6.07) is 9.29. The molecular formula is C24H27FN2O5S. The lowest BCUT2D eigenvalue weighted by Crippen LogP contribution is -2.45. The summed E-state index contributed by atoms with van der Waals surface area (Å²) < 4.78 is 43.7. The Morgan fingerprint density at radius 1 is 1.27 bits per heavy atom. The molecule has 4 rings (SSSR count). The van der Waals surface area contributed by atoms with E-state index in [2.05, 4.69) is 18.8 Å². The number of nitrogens with zero attached hydrogens (tertiary/aromatic N) is 2. The number of aromatic nitrogens is 1. The van der Waals surface area contributed by atoms with Gasteiger partial charge in [-0.2, -0.15) is 0 Å². The Hall–Kier alpha value is -2.94. The minimum Gasteiger partial charge on any atom is -0.465 e. The van der Waals surface area contributed by atoms with E-state index in [1.807, 2.05) is 12.1 Å². The van der Waals surface area contributed by atoms with E-state index in [1.54, 1.807) is 11.0 Å². The van der Waals surface area contributed by atoms with Gasteiger partial charge in [0.2, 0.25) is 5.89 Å². The number of oxazole rings is 1. The molecule has 0 saturated carbocycles. The van der Waals surface area contributed by atoms with Crippen LogP contribution in [0.1, 0.15) is 44.6 Å². The molecule has 0 radical (unpaired) electrons. The Kier molecular flexibility index (Phi) is 6.18. The minimum absolute atomic E-state index is 0.0349. The summed E-state index contributed by atoms with van der Waals surface area (Å²) in [5, 5.41) is 9.55. The van der Waals surface area contributed by atoms with E-state index in [4.69, 9.17) is 4.42 Å². The van der Waals surface area contributed by atoms with Gasteiger partial charge in [-0.25, -0.2) is 22.6 Å². The number of piperidine rings is 1. The summed E-state index contributed by atoms with van der Waals surface area (Å²) >= 11 is 0. The number of rotatable bonds is 5. The molecule has 0 bridgehead atoms. The lowest BCUT2D eigenvalue weighted by molar-refractivity contribution is 0.0925. The van der Waals surface area contributed by atoms with Crippen molar-refractivity contribution in [1.29, 1.82) is 0 Å². The van der Waals surface area contributed by atoms with Crippen LogP contribution in [0.5, 0.6) is 0 Å². The van der Waals surface area contributed by atoms with Gasteiger partial charge in [-0.15, -0.1) is 0 Å². The van der Waals surface area contributed by atoms with Gasteiger partial charge in [0, 0.05) is 18.8 Å². The fourth-order valence-electron chi connectivity index (χ4n) is 4.59. The van der Waals surface area contributed by atoms with Crippen molar-refractivity contribution in [2.24, 2.45) is 5.92 Å². The molecular weight excluding hydrogens is 447 g/mol. The molecule has 1 amide bonds. The maximum Gasteiger partial charge on any atom is 0.407 e. The van der Waals surface area contributed by atoms with Crippen LogP contribution in [0.2, 0.25) is 0 Å². The smallest absolute Gasteiger partial charge is 0.407 e. The van der Waals surface area contributed by atoms with E-state index in [-0.39, 0.29) is 28.3 Å². The van der Waals surface area contributed by atoms with Crippen LogP contribution in [0.3, 0.4) is 0 Å². The molecule has 9 heteroatoms. The third-order valence-corrected chi connectivity index (χ3v) is 7.30. The highest BCUT2D eigenvalue weighted by Gasteiger charge is 2.32. The Bertz CT molecular complexity index is 1300. The number of carbonyl (C=O) groups is 1. The van der Waals surface area contributed by atoms with Gasteiger partial charge in [0.25, 0.3) is 0 Å². The molecule has 0 aliphatic carbocycles. The largest absolute Gasteiger partial charge is 0.465 e. The summed E-state index contributed by atoms with van der Waals surface area (Å²) in [6.45, 7) is 4.67. The molecule has 1 aliphatic rings. The van der Waals surface area contributed by atoms with E-state index in [1.165, 1.54) is 12.1 Å². The number of amides is 1. The average molecular weight is 475 g/mol. The van der Waals surface area contributed by atoms with Crippen molar-refractivity contribution in [3.8, 4) is 11.5 Å². The first kappa shape index (κ1) is 23.2. The van der Waals surface area contributed by atoms with Crippen molar-refractivity contribution < 1.29 is 27.1 Å². The third-order valence-electron chi connectivity index (χ3n) is 6.19. The molecule has 1 aliphatic heterocycles. The molecule has 2 atom stereocenters. The molecule has 1 saturated heterocycles. The zero-order chi connectivity index (χ0) is 23.9. The molecule has 1 N–H and O–H groups in total. The van der Waals surface area contributed by atoms with Crippen LogP contribution in [0, 0.1) is 11.7 Å². The topological polar surface area (TPSA) is 101 Å². The number of halogens is 1. The minimum atomic E-state index is -3.52. The van der Waals surface area contributed by atoms with Crippen molar-refractivity contribution in [3.05, 3.63) is 47.8 Å². The van der Waals surface area contributed by atoms with Gasteiger partial charge >= 0.3 is 6.09 Å². The van der Waals surface area contributed by atoms with Gasteiger partial charge in [-0.3, -0.25) is 0 Å². The number of carboxylic acid groups (broad SMARTS) is 1. The highest BCUT2D eigenvalue weighted by Crippen LogP contribution is 2.36. The first-order chi connectivity index (χ1) is 15.5. The second kappa shape index (κ2) is 8.78. The maximum absolute atomic E-state index is 14.6. The number of hydrogen-bond acceptors (Lipinski definition) is 5. The lowest BCUT2D eigenvalue weighted by Gasteiger charge is -2.39. The summed E-state index contributed by atoms with van der Waals surface area (Å²) in [5.41, 5.74) is 2.22. The third kappa shape index (κ3) is 4.88. The van der Waals surface area contributed by atoms with Crippen molar-refractivity contribution in [1.82, 2.24) is 9.88 Å². The highest BCUT2D eigenvalue weighted by atomic mass is 32.2. The molecule has 7 nitrogen and oxygen atoms in total. The van der Waals surface area contributed by atoms with Gasteiger partial charge < -0.3 is 14.4 Å². The number of hydrogen-bond donors (Lipinski definition) is 1. The Morgan fingerprint density at radius 3 is 2.67 bits per heavy atom. The van der Waals surface area contributed by atoms with Gasteiger partial charge in [0.1, 0.15) is 11.3 Å². The molecule has 1 aromatic heterocycles. The number of likely N-dealkylation sites (tertiary alicyclic amines) is 1. The molecule has 2 aromatic carbocycles. The average Bonchev–Trinajstić information content (AvgIpc) is 3.15. The van der Waals surface area contributed by atoms with Crippen LogP contribution >= 0.6 is 0 Å². The van der Waals surface area contributed by atoms with E-state index < -0.39 is 21.7 Å². The van der Waals surface area contributed by atoms with Gasteiger partial charge in [0.15, 0.2) is 15.4 Å². The van der Waals surface area contributed by atoms with Crippen LogP contribution in [-0.4, -0.2) is 48.3 Å². The predicted molar refractivity (Wildman–Crippen MR) is 122 cm³/mol. The van der Waals surface area contributed by atoms with Gasteiger partial charge in [-0.05, 0) is 67.0 Å². The SMILES string of the molecule is CC(C)CC1CC(c2ccc3oc(-c4ccc(S(C)(=O)=O)cc4F)nc3c2)CCN1C(=O)O. The Morgan fingerprint density at radius 2 is 2.03 bits per heavy atom. The maximum atomic E-state index is 14.6. The summed E-state index contributed by atoms with van der Waals surface area (Å²) in [7, 11) is -3.52. The molecule has 3 aromatic rings. The second-order valence-corrected chi connectivity index (χ2v) is 11.2. The lowest BCUT2D eigenvalue weighted by atomic mass is 9.82. The first-order valence-electron chi connectivity index (χ1n) is 10.9. The number of benzene rings is 2. The number of sulfone groups is 1. The molecule has 33 heavy (non-hydrogen) atoms. The molecule has 176 valence electrons. The fourth-order valence-corrected chi connectivity index (χ4v) is 5.22. The predicted octanol–water partition coefficient (Wildman–Crippen LogP) is 5.31. The zero-order valence-corrected chi connectivity index (χ0v) is 19.6. The van der Waals surface area contributed by atoms with Crippen LogP contribution < -0.4 is 0 Å². The molecule has 1 fully saturated rings. The monoisotopic (exact) mass is 474 g/mol. The van der Waals surface area contributed by atoms with E-state index in [9.17, 15) is 22.7 Å². The van der Waals surface area contributed by atoms with Crippen molar-refractivity contribution in [2.45, 2.75) is 50.0 Å².